The SMILES string of the molecule is CC1(C)NC(=O)c2ccc(Nc3ncc(C(F)F)c(NC(CO)c4ccccc4)n3)cc21. The van der Waals surface area contributed by atoms with Crippen molar-refractivity contribution in [1.29, 1.82) is 0 Å². The van der Waals surface area contributed by atoms with Crippen molar-refractivity contribution in [2.45, 2.75) is 31.9 Å². The van der Waals surface area contributed by atoms with Crippen molar-refractivity contribution in [3.63, 3.8) is 0 Å². The zero-order chi connectivity index (χ0) is 22.9. The van der Waals surface area contributed by atoms with Gasteiger partial charge in [-0.15, -0.1) is 0 Å². The molecular formula is C23H23F2N5O2. The second kappa shape index (κ2) is 8.51. The van der Waals surface area contributed by atoms with E-state index in [1.807, 2.05) is 26.0 Å². The predicted molar refractivity (Wildman–Crippen MR) is 117 cm³/mol. The summed E-state index contributed by atoms with van der Waals surface area (Å²) in [6.45, 7) is 3.49. The van der Waals surface area contributed by atoms with Crippen molar-refractivity contribution in [3.8, 4) is 0 Å². The topological polar surface area (TPSA) is 99.2 Å². The van der Waals surface area contributed by atoms with Crippen molar-refractivity contribution < 1.29 is 18.7 Å². The summed E-state index contributed by atoms with van der Waals surface area (Å²) in [5.74, 6) is -0.105. The Labute approximate surface area is 183 Å². The molecule has 1 unspecified atom stereocenters. The summed E-state index contributed by atoms with van der Waals surface area (Å²) >= 11 is 0. The van der Waals surface area contributed by atoms with Gasteiger partial charge in [0.2, 0.25) is 5.95 Å². The third kappa shape index (κ3) is 4.24. The van der Waals surface area contributed by atoms with Gasteiger partial charge in [0.25, 0.3) is 12.3 Å². The molecule has 1 aromatic heterocycles. The Morgan fingerprint density at radius 1 is 1.16 bits per heavy atom. The summed E-state index contributed by atoms with van der Waals surface area (Å²) in [4.78, 5) is 20.3. The molecule has 1 aliphatic heterocycles. The number of nitrogens with one attached hydrogen (secondary N) is 3. The number of aliphatic hydroxyl groups is 1. The van der Waals surface area contributed by atoms with E-state index in [0.717, 1.165) is 17.3 Å². The lowest BCUT2D eigenvalue weighted by atomic mass is 9.94. The highest BCUT2D eigenvalue weighted by molar-refractivity contribution is 6.00. The fourth-order valence-electron chi connectivity index (χ4n) is 3.70. The molecule has 3 aromatic rings. The van der Waals surface area contributed by atoms with Crippen LogP contribution in [-0.2, 0) is 5.54 Å². The molecular weight excluding hydrogens is 416 g/mol. The van der Waals surface area contributed by atoms with E-state index >= 15 is 0 Å². The van der Waals surface area contributed by atoms with Gasteiger partial charge in [0, 0.05) is 17.4 Å². The summed E-state index contributed by atoms with van der Waals surface area (Å²) in [5, 5.41) is 18.6. The van der Waals surface area contributed by atoms with Gasteiger partial charge in [0.1, 0.15) is 5.82 Å². The first-order valence-electron chi connectivity index (χ1n) is 10.1. The molecule has 166 valence electrons. The quantitative estimate of drug-likeness (QED) is 0.439. The second-order valence-electron chi connectivity index (χ2n) is 8.05. The number of rotatable bonds is 7. The van der Waals surface area contributed by atoms with Crippen LogP contribution >= 0.6 is 0 Å². The molecule has 2 aromatic carbocycles. The molecule has 0 radical (unpaired) electrons. The number of amides is 1. The molecule has 0 saturated heterocycles. The van der Waals surface area contributed by atoms with E-state index in [0.29, 0.717) is 11.3 Å². The summed E-state index contributed by atoms with van der Waals surface area (Å²) < 4.78 is 27.1. The van der Waals surface area contributed by atoms with E-state index in [1.165, 1.54) is 0 Å². The van der Waals surface area contributed by atoms with Crippen LogP contribution in [0.3, 0.4) is 0 Å². The molecule has 1 aliphatic rings. The van der Waals surface area contributed by atoms with Gasteiger partial charge in [-0.2, -0.15) is 4.98 Å². The molecule has 4 N–H and O–H groups in total. The van der Waals surface area contributed by atoms with E-state index in [2.05, 4.69) is 25.9 Å². The summed E-state index contributed by atoms with van der Waals surface area (Å²) in [7, 11) is 0. The Morgan fingerprint density at radius 3 is 2.59 bits per heavy atom. The fourth-order valence-corrected chi connectivity index (χ4v) is 3.70. The molecule has 1 amide bonds. The number of fused-ring (bicyclic) bond motifs is 1. The Balaban J connectivity index is 1.63. The number of benzene rings is 2. The van der Waals surface area contributed by atoms with E-state index < -0.39 is 18.0 Å². The molecule has 1 atom stereocenters. The average Bonchev–Trinajstić information content (AvgIpc) is 3.00. The number of aromatic nitrogens is 2. The van der Waals surface area contributed by atoms with Crippen LogP contribution in [0.4, 0.5) is 26.2 Å². The highest BCUT2D eigenvalue weighted by Crippen LogP contribution is 2.34. The molecule has 0 spiro atoms. The van der Waals surface area contributed by atoms with Gasteiger partial charge in [-0.25, -0.2) is 13.8 Å². The van der Waals surface area contributed by atoms with Gasteiger partial charge in [-0.05, 0) is 43.2 Å². The number of hydrogen-bond donors (Lipinski definition) is 4. The summed E-state index contributed by atoms with van der Waals surface area (Å²) in [5.41, 5.74) is 1.87. The fraction of sp³-hybridized carbons (Fsp3) is 0.261. The number of nitrogens with zero attached hydrogens (tertiary/aromatic N) is 2. The summed E-state index contributed by atoms with van der Waals surface area (Å²) in [6, 6.07) is 13.6. The average molecular weight is 439 g/mol. The normalized spacial score (nSPS) is 15.2. The highest BCUT2D eigenvalue weighted by Gasteiger charge is 2.35. The van der Waals surface area contributed by atoms with Crippen LogP contribution in [0.5, 0.6) is 0 Å². The Bertz CT molecular complexity index is 1140. The van der Waals surface area contributed by atoms with Crippen LogP contribution in [0.2, 0.25) is 0 Å². The van der Waals surface area contributed by atoms with Crippen LogP contribution < -0.4 is 16.0 Å². The monoisotopic (exact) mass is 439 g/mol. The minimum absolute atomic E-state index is 0.0706. The number of hydrogen-bond acceptors (Lipinski definition) is 6. The lowest BCUT2D eigenvalue weighted by Crippen LogP contribution is -2.32. The van der Waals surface area contributed by atoms with Gasteiger partial charge in [-0.3, -0.25) is 4.79 Å². The molecule has 2 heterocycles. The standard InChI is InChI=1S/C23H23F2N5O2/c1-23(2)17-10-14(8-9-15(17)21(32)30-23)27-22-26-11-16(19(24)25)20(29-22)28-18(12-31)13-6-4-3-5-7-13/h3-11,18-19,31H,12H2,1-2H3,(H,30,32)(H2,26,27,28,29). The van der Waals surface area contributed by atoms with Crippen LogP contribution in [0.1, 0.15) is 53.4 Å². The molecule has 4 rings (SSSR count). The van der Waals surface area contributed by atoms with Crippen molar-refractivity contribution in [2.24, 2.45) is 0 Å². The Hall–Kier alpha value is -3.59. The zero-order valence-electron chi connectivity index (χ0n) is 17.6. The molecule has 0 saturated carbocycles. The lowest BCUT2D eigenvalue weighted by Gasteiger charge is -2.21. The van der Waals surface area contributed by atoms with Gasteiger partial charge < -0.3 is 21.1 Å². The maximum Gasteiger partial charge on any atom is 0.268 e. The predicted octanol–water partition coefficient (Wildman–Crippen LogP) is 4.28. The first-order chi connectivity index (χ1) is 15.3. The van der Waals surface area contributed by atoms with Crippen molar-refractivity contribution >= 4 is 23.4 Å². The largest absolute Gasteiger partial charge is 0.394 e. The number of alkyl halides is 2. The maximum absolute atomic E-state index is 13.6. The third-order valence-corrected chi connectivity index (χ3v) is 5.37. The van der Waals surface area contributed by atoms with Gasteiger partial charge >= 0.3 is 0 Å². The smallest absolute Gasteiger partial charge is 0.268 e. The molecule has 32 heavy (non-hydrogen) atoms. The van der Waals surface area contributed by atoms with Crippen LogP contribution in [-0.4, -0.2) is 27.6 Å². The van der Waals surface area contributed by atoms with Gasteiger partial charge in [-0.1, -0.05) is 30.3 Å². The van der Waals surface area contributed by atoms with E-state index in [-0.39, 0.29) is 29.8 Å². The number of halogens is 2. The van der Waals surface area contributed by atoms with E-state index in [9.17, 15) is 18.7 Å². The zero-order valence-corrected chi connectivity index (χ0v) is 17.6. The highest BCUT2D eigenvalue weighted by atomic mass is 19.3. The number of anilines is 3. The van der Waals surface area contributed by atoms with Gasteiger partial charge in [0.05, 0.1) is 23.8 Å². The number of carbonyl (C=O) groups is 1. The Morgan fingerprint density at radius 2 is 1.91 bits per heavy atom. The second-order valence-corrected chi connectivity index (χ2v) is 8.05. The first kappa shape index (κ1) is 21.6. The molecule has 0 bridgehead atoms. The minimum atomic E-state index is -2.79. The number of aliphatic hydroxyl groups excluding tert-OH is 1. The van der Waals surface area contributed by atoms with Gasteiger partial charge in [0.15, 0.2) is 0 Å². The molecule has 0 fully saturated rings. The Kier molecular flexibility index (Phi) is 5.75. The van der Waals surface area contributed by atoms with Crippen LogP contribution in [0.25, 0.3) is 0 Å². The van der Waals surface area contributed by atoms with E-state index in [1.54, 1.807) is 36.4 Å². The third-order valence-electron chi connectivity index (χ3n) is 5.37. The summed E-state index contributed by atoms with van der Waals surface area (Å²) in [6.07, 6.45) is -1.73. The van der Waals surface area contributed by atoms with E-state index in [4.69, 9.17) is 0 Å². The minimum Gasteiger partial charge on any atom is -0.394 e. The van der Waals surface area contributed by atoms with Crippen LogP contribution in [0.15, 0.2) is 54.7 Å². The van der Waals surface area contributed by atoms with Crippen LogP contribution in [0, 0.1) is 0 Å². The number of carbonyl (C=O) groups excluding carboxylic acids is 1. The first-order valence-corrected chi connectivity index (χ1v) is 10.1. The maximum atomic E-state index is 13.6. The van der Waals surface area contributed by atoms with Crippen molar-refractivity contribution in [2.75, 3.05) is 17.2 Å². The molecule has 0 aliphatic carbocycles. The lowest BCUT2D eigenvalue weighted by molar-refractivity contribution is 0.0940. The molecule has 9 heteroatoms. The van der Waals surface area contributed by atoms with Crippen molar-refractivity contribution in [1.82, 2.24) is 15.3 Å². The molecule has 7 nitrogen and oxygen atoms in total. The van der Waals surface area contributed by atoms with Crippen molar-refractivity contribution in [3.05, 3.63) is 77.0 Å².